The van der Waals surface area contributed by atoms with Crippen molar-refractivity contribution in [3.63, 3.8) is 0 Å². The van der Waals surface area contributed by atoms with E-state index in [0.717, 1.165) is 38.2 Å². The van der Waals surface area contributed by atoms with E-state index in [4.69, 9.17) is 0 Å². The average molecular weight is 364 g/mol. The molecule has 0 spiro atoms. The Morgan fingerprint density at radius 1 is 1.35 bits per heavy atom. The van der Waals surface area contributed by atoms with Crippen LogP contribution in [0.2, 0.25) is 0 Å². The van der Waals surface area contributed by atoms with Crippen LogP contribution in [0.3, 0.4) is 0 Å². The predicted molar refractivity (Wildman–Crippen MR) is 80.5 cm³/mol. The molecule has 0 saturated heterocycles. The van der Waals surface area contributed by atoms with Gasteiger partial charge in [-0.1, -0.05) is 26.2 Å². The standard InChI is InChI=1S/C14H19BrFNO2S/c1-2-10-5-3-4-6-14(10)17-20(18,19)11-7-8-12(15)13(16)9-11/h7-10,14,17H,2-6H2,1H3. The first kappa shape index (κ1) is 15.9. The third kappa shape index (κ3) is 3.59. The minimum absolute atomic E-state index is 0.0152. The summed E-state index contributed by atoms with van der Waals surface area (Å²) < 4.78 is 41.2. The minimum atomic E-state index is -3.65. The SMILES string of the molecule is CCC1CCCCC1NS(=O)(=O)c1ccc(Br)c(F)c1. The number of benzene rings is 1. The van der Waals surface area contributed by atoms with Crippen molar-refractivity contribution in [3.05, 3.63) is 28.5 Å². The van der Waals surface area contributed by atoms with Gasteiger partial charge in [0.15, 0.2) is 0 Å². The van der Waals surface area contributed by atoms with Crippen LogP contribution in [-0.4, -0.2) is 14.5 Å². The summed E-state index contributed by atoms with van der Waals surface area (Å²) in [7, 11) is -3.65. The molecule has 20 heavy (non-hydrogen) atoms. The van der Waals surface area contributed by atoms with Crippen LogP contribution in [0.4, 0.5) is 4.39 Å². The van der Waals surface area contributed by atoms with Gasteiger partial charge in [0.05, 0.1) is 9.37 Å². The topological polar surface area (TPSA) is 46.2 Å². The van der Waals surface area contributed by atoms with E-state index in [0.29, 0.717) is 5.92 Å². The quantitative estimate of drug-likeness (QED) is 0.883. The van der Waals surface area contributed by atoms with Gasteiger partial charge in [0.1, 0.15) is 5.82 Å². The van der Waals surface area contributed by atoms with Gasteiger partial charge in [0.2, 0.25) is 10.0 Å². The van der Waals surface area contributed by atoms with Gasteiger partial charge in [-0.25, -0.2) is 17.5 Å². The van der Waals surface area contributed by atoms with E-state index in [-0.39, 0.29) is 15.4 Å². The van der Waals surface area contributed by atoms with Crippen molar-refractivity contribution in [1.82, 2.24) is 4.72 Å². The van der Waals surface area contributed by atoms with Gasteiger partial charge in [-0.3, -0.25) is 0 Å². The molecule has 1 N–H and O–H groups in total. The summed E-state index contributed by atoms with van der Waals surface area (Å²) in [5.74, 6) is -0.192. The zero-order valence-corrected chi connectivity index (χ0v) is 13.8. The van der Waals surface area contributed by atoms with Crippen LogP contribution in [0.1, 0.15) is 39.0 Å². The van der Waals surface area contributed by atoms with Gasteiger partial charge in [0, 0.05) is 6.04 Å². The summed E-state index contributed by atoms with van der Waals surface area (Å²) in [6, 6.07) is 3.85. The zero-order chi connectivity index (χ0) is 14.8. The van der Waals surface area contributed by atoms with Gasteiger partial charge in [0.25, 0.3) is 0 Å². The molecule has 0 aliphatic heterocycles. The Bertz CT molecular complexity index is 577. The lowest BCUT2D eigenvalue weighted by atomic mass is 9.83. The van der Waals surface area contributed by atoms with Crippen LogP contribution in [0.15, 0.2) is 27.6 Å². The molecular formula is C14H19BrFNO2S. The molecule has 1 aromatic carbocycles. The number of nitrogens with one attached hydrogen (secondary N) is 1. The Kier molecular flexibility index (Phi) is 5.20. The maximum absolute atomic E-state index is 13.5. The van der Waals surface area contributed by atoms with Crippen molar-refractivity contribution in [3.8, 4) is 0 Å². The molecule has 1 aliphatic rings. The van der Waals surface area contributed by atoms with Crippen molar-refractivity contribution in [2.45, 2.75) is 50.0 Å². The Balaban J connectivity index is 2.19. The molecule has 1 saturated carbocycles. The van der Waals surface area contributed by atoms with Gasteiger partial charge >= 0.3 is 0 Å². The largest absolute Gasteiger partial charge is 0.240 e. The van der Waals surface area contributed by atoms with Crippen LogP contribution in [0, 0.1) is 11.7 Å². The molecule has 1 aromatic rings. The summed E-state index contributed by atoms with van der Waals surface area (Å²) in [5.41, 5.74) is 0. The molecule has 0 aromatic heterocycles. The van der Waals surface area contributed by atoms with Crippen LogP contribution in [-0.2, 0) is 10.0 Å². The Labute approximate surface area is 128 Å². The molecule has 2 rings (SSSR count). The third-order valence-electron chi connectivity index (χ3n) is 3.94. The lowest BCUT2D eigenvalue weighted by Crippen LogP contribution is -2.41. The second kappa shape index (κ2) is 6.54. The van der Waals surface area contributed by atoms with Gasteiger partial charge in [-0.15, -0.1) is 0 Å². The normalized spacial score (nSPS) is 23.8. The summed E-state index contributed by atoms with van der Waals surface area (Å²) in [6.07, 6.45) is 5.07. The molecule has 1 fully saturated rings. The van der Waals surface area contributed by atoms with Crippen LogP contribution in [0.25, 0.3) is 0 Å². The summed E-state index contributed by atoms with van der Waals surface area (Å²) in [5, 5.41) is 0. The van der Waals surface area contributed by atoms with Crippen molar-refractivity contribution >= 4 is 26.0 Å². The first-order valence-electron chi connectivity index (χ1n) is 6.91. The number of rotatable bonds is 4. The molecule has 2 atom stereocenters. The number of sulfonamides is 1. The van der Waals surface area contributed by atoms with E-state index in [9.17, 15) is 12.8 Å². The van der Waals surface area contributed by atoms with E-state index in [2.05, 4.69) is 27.6 Å². The van der Waals surface area contributed by atoms with Crippen LogP contribution in [0.5, 0.6) is 0 Å². The monoisotopic (exact) mass is 363 g/mol. The van der Waals surface area contributed by atoms with E-state index < -0.39 is 15.8 Å². The highest BCUT2D eigenvalue weighted by atomic mass is 79.9. The molecule has 0 heterocycles. The molecule has 0 bridgehead atoms. The van der Waals surface area contributed by atoms with Crippen LogP contribution < -0.4 is 4.72 Å². The van der Waals surface area contributed by atoms with E-state index in [1.807, 2.05) is 0 Å². The highest BCUT2D eigenvalue weighted by Crippen LogP contribution is 2.28. The number of hydrogen-bond acceptors (Lipinski definition) is 2. The second-order valence-corrected chi connectivity index (χ2v) is 7.82. The minimum Gasteiger partial charge on any atom is -0.208 e. The Morgan fingerprint density at radius 3 is 2.70 bits per heavy atom. The summed E-state index contributed by atoms with van der Waals surface area (Å²) >= 11 is 3.03. The molecule has 3 nitrogen and oxygen atoms in total. The third-order valence-corrected chi connectivity index (χ3v) is 6.07. The van der Waals surface area contributed by atoms with Crippen molar-refractivity contribution in [2.75, 3.05) is 0 Å². The first-order valence-corrected chi connectivity index (χ1v) is 9.19. The molecule has 112 valence electrons. The number of halogens is 2. The highest BCUT2D eigenvalue weighted by Gasteiger charge is 2.28. The van der Waals surface area contributed by atoms with Crippen molar-refractivity contribution in [2.24, 2.45) is 5.92 Å². The maximum Gasteiger partial charge on any atom is 0.240 e. The lowest BCUT2D eigenvalue weighted by Gasteiger charge is -2.31. The average Bonchev–Trinajstić information content (AvgIpc) is 2.42. The fraction of sp³-hybridized carbons (Fsp3) is 0.571. The molecule has 0 amide bonds. The second-order valence-electron chi connectivity index (χ2n) is 5.26. The van der Waals surface area contributed by atoms with E-state index >= 15 is 0 Å². The predicted octanol–water partition coefficient (Wildman–Crippen LogP) is 3.84. The van der Waals surface area contributed by atoms with Crippen molar-refractivity contribution in [1.29, 1.82) is 0 Å². The maximum atomic E-state index is 13.5. The lowest BCUT2D eigenvalue weighted by molar-refractivity contribution is 0.282. The summed E-state index contributed by atoms with van der Waals surface area (Å²) in [4.78, 5) is -0.0152. The molecule has 1 aliphatic carbocycles. The fourth-order valence-corrected chi connectivity index (χ4v) is 4.36. The summed E-state index contributed by atoms with van der Waals surface area (Å²) in [6.45, 7) is 2.08. The first-order chi connectivity index (χ1) is 9.44. The van der Waals surface area contributed by atoms with Crippen molar-refractivity contribution < 1.29 is 12.8 Å². The molecule has 2 unspecified atom stereocenters. The van der Waals surface area contributed by atoms with Crippen LogP contribution >= 0.6 is 15.9 Å². The number of hydrogen-bond donors (Lipinski definition) is 1. The fourth-order valence-electron chi connectivity index (χ4n) is 2.76. The van der Waals surface area contributed by atoms with Gasteiger partial charge in [-0.2, -0.15) is 0 Å². The van der Waals surface area contributed by atoms with Gasteiger partial charge < -0.3 is 0 Å². The highest BCUT2D eigenvalue weighted by molar-refractivity contribution is 9.10. The molecular weight excluding hydrogens is 345 g/mol. The smallest absolute Gasteiger partial charge is 0.208 e. The zero-order valence-electron chi connectivity index (χ0n) is 11.4. The molecule has 6 heteroatoms. The Morgan fingerprint density at radius 2 is 2.05 bits per heavy atom. The van der Waals surface area contributed by atoms with E-state index in [1.165, 1.54) is 12.1 Å². The molecule has 0 radical (unpaired) electrons. The Hall–Kier alpha value is -0.460. The van der Waals surface area contributed by atoms with E-state index in [1.54, 1.807) is 0 Å². The van der Waals surface area contributed by atoms with Gasteiger partial charge in [-0.05, 0) is 52.9 Å².